The zero-order valence-corrected chi connectivity index (χ0v) is 11.0. The van der Waals surface area contributed by atoms with E-state index in [1.165, 1.54) is 0 Å². The van der Waals surface area contributed by atoms with E-state index in [1.807, 2.05) is 38.1 Å². The molecule has 5 nitrogen and oxygen atoms in total. The molecular formula is C14H17N3O2. The van der Waals surface area contributed by atoms with E-state index in [2.05, 4.69) is 15.5 Å². The molecule has 0 aliphatic carbocycles. The number of hydrogen-bond acceptors (Lipinski definition) is 4. The smallest absolute Gasteiger partial charge is 0.305 e. The number of carboxylic acids is 1. The minimum Gasteiger partial charge on any atom is -0.481 e. The van der Waals surface area contributed by atoms with Crippen LogP contribution in [-0.2, 0) is 4.79 Å². The van der Waals surface area contributed by atoms with Crippen molar-refractivity contribution in [3.05, 3.63) is 30.5 Å². The van der Waals surface area contributed by atoms with Crippen molar-refractivity contribution in [3.63, 3.8) is 0 Å². The molecule has 19 heavy (non-hydrogen) atoms. The molecule has 0 amide bonds. The van der Waals surface area contributed by atoms with Crippen molar-refractivity contribution < 1.29 is 9.90 Å². The largest absolute Gasteiger partial charge is 0.481 e. The van der Waals surface area contributed by atoms with Crippen LogP contribution in [-0.4, -0.2) is 27.3 Å². The van der Waals surface area contributed by atoms with Crippen molar-refractivity contribution in [1.82, 2.24) is 10.2 Å². The van der Waals surface area contributed by atoms with E-state index < -0.39 is 5.97 Å². The summed E-state index contributed by atoms with van der Waals surface area (Å²) in [6.45, 7) is 3.97. The average molecular weight is 259 g/mol. The van der Waals surface area contributed by atoms with E-state index in [4.69, 9.17) is 5.11 Å². The number of carbonyl (C=O) groups is 1. The Balaban J connectivity index is 2.31. The summed E-state index contributed by atoms with van der Waals surface area (Å²) in [5.74, 6) is 0.00862. The quantitative estimate of drug-likeness (QED) is 0.863. The van der Waals surface area contributed by atoms with Crippen molar-refractivity contribution in [1.29, 1.82) is 0 Å². The predicted molar refractivity (Wildman–Crippen MR) is 74.0 cm³/mol. The molecule has 100 valence electrons. The number of nitrogens with zero attached hydrogens (tertiary/aromatic N) is 2. The number of anilines is 1. The minimum absolute atomic E-state index is 0.0581. The minimum atomic E-state index is -0.820. The number of fused-ring (bicyclic) bond motifs is 1. The van der Waals surface area contributed by atoms with Gasteiger partial charge in [0.2, 0.25) is 0 Å². The summed E-state index contributed by atoms with van der Waals surface area (Å²) in [7, 11) is 0. The summed E-state index contributed by atoms with van der Waals surface area (Å²) in [6, 6.07) is 7.60. The highest BCUT2D eigenvalue weighted by Gasteiger charge is 2.18. The predicted octanol–water partition coefficient (Wildman–Crippen LogP) is 2.54. The normalized spacial score (nSPS) is 12.6. The molecule has 2 aromatic rings. The molecule has 0 saturated carbocycles. The fourth-order valence-electron chi connectivity index (χ4n) is 1.95. The standard InChI is InChI=1S/C14H17N3O2/c1-9(2)12(7-13(18)19)16-14-11-6-4-3-5-10(11)8-15-17-14/h3-6,8-9,12H,7H2,1-2H3,(H,16,17)(H,18,19). The number of carboxylic acid groups (broad SMARTS) is 1. The van der Waals surface area contributed by atoms with Gasteiger partial charge in [0, 0.05) is 16.8 Å². The van der Waals surface area contributed by atoms with Gasteiger partial charge in [0.25, 0.3) is 0 Å². The highest BCUT2D eigenvalue weighted by molar-refractivity contribution is 5.91. The van der Waals surface area contributed by atoms with Crippen LogP contribution in [0.4, 0.5) is 5.82 Å². The van der Waals surface area contributed by atoms with Crippen molar-refractivity contribution in [2.24, 2.45) is 5.92 Å². The number of aromatic nitrogens is 2. The lowest BCUT2D eigenvalue weighted by molar-refractivity contribution is -0.137. The van der Waals surface area contributed by atoms with Crippen LogP contribution in [0.15, 0.2) is 30.5 Å². The van der Waals surface area contributed by atoms with E-state index in [1.54, 1.807) is 6.20 Å². The Morgan fingerprint density at radius 3 is 2.79 bits per heavy atom. The topological polar surface area (TPSA) is 75.1 Å². The van der Waals surface area contributed by atoms with Gasteiger partial charge in [-0.15, -0.1) is 5.10 Å². The molecule has 1 unspecified atom stereocenters. The molecule has 0 aliphatic heterocycles. The summed E-state index contributed by atoms with van der Waals surface area (Å²) in [5.41, 5.74) is 0. The molecule has 0 fully saturated rings. The SMILES string of the molecule is CC(C)C(CC(=O)O)Nc1nncc2ccccc12. The van der Waals surface area contributed by atoms with Gasteiger partial charge >= 0.3 is 5.97 Å². The zero-order valence-electron chi connectivity index (χ0n) is 11.0. The molecule has 1 aromatic heterocycles. The third-order valence-electron chi connectivity index (χ3n) is 3.09. The highest BCUT2D eigenvalue weighted by atomic mass is 16.4. The van der Waals surface area contributed by atoms with Gasteiger partial charge in [-0.25, -0.2) is 0 Å². The molecule has 0 radical (unpaired) electrons. The van der Waals surface area contributed by atoms with Gasteiger partial charge in [-0.3, -0.25) is 4.79 Å². The summed E-state index contributed by atoms with van der Waals surface area (Å²) in [4.78, 5) is 10.9. The Morgan fingerprint density at radius 1 is 1.37 bits per heavy atom. The lowest BCUT2D eigenvalue weighted by Gasteiger charge is -2.21. The van der Waals surface area contributed by atoms with Crippen molar-refractivity contribution >= 4 is 22.6 Å². The van der Waals surface area contributed by atoms with Crippen LogP contribution < -0.4 is 5.32 Å². The first-order valence-corrected chi connectivity index (χ1v) is 6.26. The molecule has 0 bridgehead atoms. The van der Waals surface area contributed by atoms with Gasteiger partial charge in [-0.2, -0.15) is 5.10 Å². The van der Waals surface area contributed by atoms with Crippen LogP contribution in [0.3, 0.4) is 0 Å². The summed E-state index contributed by atoms with van der Waals surface area (Å²) < 4.78 is 0. The molecule has 5 heteroatoms. The Bertz CT molecular complexity index is 578. The molecule has 1 heterocycles. The lowest BCUT2D eigenvalue weighted by atomic mass is 10.0. The number of benzene rings is 1. The monoisotopic (exact) mass is 259 g/mol. The van der Waals surface area contributed by atoms with Gasteiger partial charge in [0.15, 0.2) is 5.82 Å². The molecule has 1 aromatic carbocycles. The second-order valence-corrected chi connectivity index (χ2v) is 4.87. The Kier molecular flexibility index (Phi) is 3.94. The molecule has 1 atom stereocenters. The van der Waals surface area contributed by atoms with Gasteiger partial charge < -0.3 is 10.4 Å². The number of hydrogen-bond donors (Lipinski definition) is 2. The average Bonchev–Trinajstić information content (AvgIpc) is 2.37. The van der Waals surface area contributed by atoms with Crippen molar-refractivity contribution in [3.8, 4) is 0 Å². The van der Waals surface area contributed by atoms with Gasteiger partial charge in [-0.1, -0.05) is 38.1 Å². The first-order valence-electron chi connectivity index (χ1n) is 6.26. The van der Waals surface area contributed by atoms with Crippen molar-refractivity contribution in [2.75, 3.05) is 5.32 Å². The van der Waals surface area contributed by atoms with Crippen LogP contribution in [0.25, 0.3) is 10.8 Å². The van der Waals surface area contributed by atoms with Crippen LogP contribution in [0.5, 0.6) is 0 Å². The third kappa shape index (κ3) is 3.19. The Hall–Kier alpha value is -2.17. The summed E-state index contributed by atoms with van der Waals surface area (Å²) >= 11 is 0. The van der Waals surface area contributed by atoms with E-state index in [0.29, 0.717) is 5.82 Å². The molecule has 2 rings (SSSR count). The maximum atomic E-state index is 10.9. The van der Waals surface area contributed by atoms with Crippen LogP contribution in [0.2, 0.25) is 0 Å². The molecule has 0 saturated heterocycles. The Labute approximate surface area is 111 Å². The first kappa shape index (κ1) is 13.3. The van der Waals surface area contributed by atoms with Crippen LogP contribution in [0, 0.1) is 5.92 Å². The molecule has 2 N–H and O–H groups in total. The van der Waals surface area contributed by atoms with Crippen LogP contribution >= 0.6 is 0 Å². The Morgan fingerprint density at radius 2 is 2.11 bits per heavy atom. The van der Waals surface area contributed by atoms with Crippen LogP contribution in [0.1, 0.15) is 20.3 Å². The highest BCUT2D eigenvalue weighted by Crippen LogP contribution is 2.22. The summed E-state index contributed by atoms with van der Waals surface area (Å²) in [6.07, 6.45) is 1.75. The fourth-order valence-corrected chi connectivity index (χ4v) is 1.95. The van der Waals surface area contributed by atoms with Gasteiger partial charge in [-0.05, 0) is 5.92 Å². The zero-order chi connectivity index (χ0) is 13.8. The van der Waals surface area contributed by atoms with Gasteiger partial charge in [0.1, 0.15) is 0 Å². The fraction of sp³-hybridized carbons (Fsp3) is 0.357. The van der Waals surface area contributed by atoms with E-state index in [0.717, 1.165) is 10.8 Å². The maximum absolute atomic E-state index is 10.9. The molecule has 0 spiro atoms. The van der Waals surface area contributed by atoms with E-state index in [9.17, 15) is 4.79 Å². The lowest BCUT2D eigenvalue weighted by Crippen LogP contribution is -2.29. The number of rotatable bonds is 5. The first-order chi connectivity index (χ1) is 9.08. The number of nitrogens with one attached hydrogen (secondary N) is 1. The second-order valence-electron chi connectivity index (χ2n) is 4.87. The van der Waals surface area contributed by atoms with E-state index in [-0.39, 0.29) is 18.4 Å². The maximum Gasteiger partial charge on any atom is 0.305 e. The summed E-state index contributed by atoms with van der Waals surface area (Å²) in [5, 5.41) is 22.1. The number of aliphatic carboxylic acids is 1. The van der Waals surface area contributed by atoms with E-state index >= 15 is 0 Å². The van der Waals surface area contributed by atoms with Crippen molar-refractivity contribution in [2.45, 2.75) is 26.3 Å². The molecular weight excluding hydrogens is 242 g/mol. The second kappa shape index (κ2) is 5.65. The van der Waals surface area contributed by atoms with Gasteiger partial charge in [0.05, 0.1) is 12.6 Å². The third-order valence-corrected chi connectivity index (χ3v) is 3.09. The molecule has 0 aliphatic rings.